The lowest BCUT2D eigenvalue weighted by molar-refractivity contribution is -0.117. The van der Waals surface area contributed by atoms with Crippen LogP contribution in [0, 0.1) is 5.82 Å². The van der Waals surface area contributed by atoms with Gasteiger partial charge in [0.2, 0.25) is 15.0 Å². The summed E-state index contributed by atoms with van der Waals surface area (Å²) in [6.07, 6.45) is 1.92. The molecule has 1 atom stereocenters. The van der Waals surface area contributed by atoms with Crippen LogP contribution in [0.1, 0.15) is 19.3 Å². The molecular weight excluding hydrogens is 331 g/mol. The Morgan fingerprint density at radius 3 is 2.45 bits per heavy atom. The zero-order valence-electron chi connectivity index (χ0n) is 11.8. The molecule has 8 heteroatoms. The summed E-state index contributed by atoms with van der Waals surface area (Å²) in [5.74, 6) is -0.757. The average molecular weight is 347 g/mol. The Hall–Kier alpha value is -1.34. The van der Waals surface area contributed by atoms with Crippen molar-refractivity contribution in [1.82, 2.24) is 0 Å². The summed E-state index contributed by atoms with van der Waals surface area (Å²) < 4.78 is 37.0. The Morgan fingerprint density at radius 1 is 1.23 bits per heavy atom. The number of amides is 1. The summed E-state index contributed by atoms with van der Waals surface area (Å²) in [6, 6.07) is 4.58. The molecule has 1 unspecified atom stereocenters. The summed E-state index contributed by atoms with van der Waals surface area (Å²) in [4.78, 5) is 15.2. The van der Waals surface area contributed by atoms with Crippen molar-refractivity contribution in [2.24, 2.45) is 0 Å². The Kier molecular flexibility index (Phi) is 4.03. The molecule has 2 aliphatic rings. The molecule has 1 aromatic rings. The predicted molar refractivity (Wildman–Crippen MR) is 83.4 cm³/mol. The van der Waals surface area contributed by atoms with Gasteiger partial charge in [-0.1, -0.05) is 0 Å². The van der Waals surface area contributed by atoms with Gasteiger partial charge in [0.1, 0.15) is 11.1 Å². The molecule has 0 spiro atoms. The minimum Gasteiger partial charge on any atom is -0.369 e. The highest BCUT2D eigenvalue weighted by molar-refractivity contribution is 8.14. The Morgan fingerprint density at radius 2 is 1.91 bits per heavy atom. The third kappa shape index (κ3) is 2.92. The van der Waals surface area contributed by atoms with Gasteiger partial charge in [-0.2, -0.15) is 0 Å². The normalized spacial score (nSPS) is 22.6. The van der Waals surface area contributed by atoms with Gasteiger partial charge in [-0.25, -0.2) is 12.8 Å². The molecule has 2 fully saturated rings. The molecule has 0 N–H and O–H groups in total. The van der Waals surface area contributed by atoms with Crippen LogP contribution in [0.5, 0.6) is 0 Å². The number of nitrogens with zero attached hydrogens (tertiary/aromatic N) is 2. The summed E-state index contributed by atoms with van der Waals surface area (Å²) in [7, 11) is 1.51. The second kappa shape index (κ2) is 5.70. The second-order valence-corrected chi connectivity index (χ2v) is 8.54. The highest BCUT2D eigenvalue weighted by atomic mass is 35.7. The van der Waals surface area contributed by atoms with Gasteiger partial charge in [-0.05, 0) is 31.0 Å². The molecule has 1 aromatic carbocycles. The predicted octanol–water partition coefficient (Wildman–Crippen LogP) is 2.10. The first kappa shape index (κ1) is 15.6. The van der Waals surface area contributed by atoms with Crippen LogP contribution in [0.3, 0.4) is 0 Å². The number of anilines is 2. The molecule has 3 rings (SSSR count). The largest absolute Gasteiger partial charge is 0.369 e. The fraction of sp³-hybridized carbons (Fsp3) is 0.500. The number of hydrogen-bond acceptors (Lipinski definition) is 4. The zero-order chi connectivity index (χ0) is 15.9. The second-order valence-electron chi connectivity index (χ2n) is 5.64. The maximum Gasteiger partial charge on any atom is 0.237 e. The van der Waals surface area contributed by atoms with Crippen molar-refractivity contribution in [3.05, 3.63) is 24.0 Å². The Balaban J connectivity index is 1.83. The lowest BCUT2D eigenvalue weighted by atomic mass is 10.2. The average Bonchev–Trinajstić information content (AvgIpc) is 3.07. The quantitative estimate of drug-likeness (QED) is 0.786. The molecule has 1 amide bonds. The van der Waals surface area contributed by atoms with E-state index in [0.29, 0.717) is 11.4 Å². The van der Waals surface area contributed by atoms with E-state index in [-0.39, 0.29) is 18.9 Å². The van der Waals surface area contributed by atoms with Gasteiger partial charge in [-0.15, -0.1) is 0 Å². The van der Waals surface area contributed by atoms with Gasteiger partial charge < -0.3 is 9.80 Å². The Labute approximate surface area is 133 Å². The van der Waals surface area contributed by atoms with Crippen LogP contribution < -0.4 is 9.80 Å². The monoisotopic (exact) mass is 346 g/mol. The fourth-order valence-electron chi connectivity index (χ4n) is 2.99. The lowest BCUT2D eigenvalue weighted by Gasteiger charge is -2.21. The van der Waals surface area contributed by atoms with Crippen LogP contribution >= 0.6 is 10.7 Å². The topological polar surface area (TPSA) is 57.7 Å². The number of carbonyl (C=O) groups is 1. The summed E-state index contributed by atoms with van der Waals surface area (Å²) in [5.41, 5.74) is 0.891. The van der Waals surface area contributed by atoms with Crippen LogP contribution in [-0.2, 0) is 13.8 Å². The Bertz CT molecular complexity index is 704. The van der Waals surface area contributed by atoms with E-state index in [0.717, 1.165) is 25.9 Å². The van der Waals surface area contributed by atoms with Crippen LogP contribution in [0.25, 0.3) is 0 Å². The minimum atomic E-state index is -3.80. The van der Waals surface area contributed by atoms with Gasteiger partial charge in [0.25, 0.3) is 0 Å². The third-order valence-electron chi connectivity index (χ3n) is 4.18. The summed E-state index contributed by atoms with van der Waals surface area (Å²) in [5, 5.41) is -0.942. The van der Waals surface area contributed by atoms with Gasteiger partial charge >= 0.3 is 0 Å². The third-order valence-corrected chi connectivity index (χ3v) is 6.05. The number of halogens is 2. The molecule has 120 valence electrons. The summed E-state index contributed by atoms with van der Waals surface area (Å²) in [6.45, 7) is 1.62. The molecule has 2 saturated heterocycles. The molecule has 5 nitrogen and oxygen atoms in total. The van der Waals surface area contributed by atoms with Gasteiger partial charge in [0.05, 0.1) is 5.69 Å². The van der Waals surface area contributed by atoms with E-state index in [1.165, 1.54) is 11.0 Å². The molecular formula is C14H16ClFN2O3S. The van der Waals surface area contributed by atoms with Gasteiger partial charge in [0, 0.05) is 42.4 Å². The van der Waals surface area contributed by atoms with Crippen LogP contribution in [0.2, 0.25) is 0 Å². The molecule has 0 aromatic heterocycles. The first-order chi connectivity index (χ1) is 10.4. The van der Waals surface area contributed by atoms with Crippen LogP contribution in [0.4, 0.5) is 15.8 Å². The van der Waals surface area contributed by atoms with E-state index < -0.39 is 20.1 Å². The molecule has 22 heavy (non-hydrogen) atoms. The first-order valence-corrected chi connectivity index (χ1v) is 9.52. The molecule has 0 saturated carbocycles. The van der Waals surface area contributed by atoms with Crippen molar-refractivity contribution in [3.63, 3.8) is 0 Å². The van der Waals surface area contributed by atoms with E-state index in [4.69, 9.17) is 10.7 Å². The SMILES string of the molecule is O=C1CC(S(=O)(=O)Cl)CN1c1ccc(N2CCCC2)c(F)c1. The van der Waals surface area contributed by atoms with Gasteiger partial charge in [0.15, 0.2) is 0 Å². The van der Waals surface area contributed by atoms with Crippen LogP contribution in [0.15, 0.2) is 18.2 Å². The van der Waals surface area contributed by atoms with E-state index in [2.05, 4.69) is 0 Å². The standard InChI is InChI=1S/C14H16ClFN2O3S/c15-22(20,21)11-8-14(19)18(9-11)10-3-4-13(12(16)7-10)17-5-1-2-6-17/h3-4,7,11H,1-2,5-6,8-9H2. The highest BCUT2D eigenvalue weighted by Gasteiger charge is 2.38. The van der Waals surface area contributed by atoms with Crippen molar-refractivity contribution in [2.75, 3.05) is 29.4 Å². The first-order valence-electron chi connectivity index (χ1n) is 7.14. The van der Waals surface area contributed by atoms with Crippen LogP contribution in [-0.4, -0.2) is 39.2 Å². The van der Waals surface area contributed by atoms with E-state index in [1.807, 2.05) is 4.90 Å². The van der Waals surface area contributed by atoms with Crippen molar-refractivity contribution < 1.29 is 17.6 Å². The number of benzene rings is 1. The van der Waals surface area contributed by atoms with E-state index >= 15 is 0 Å². The molecule has 0 aliphatic carbocycles. The summed E-state index contributed by atoms with van der Waals surface area (Å²) >= 11 is 0. The number of hydrogen-bond donors (Lipinski definition) is 0. The molecule has 2 heterocycles. The van der Waals surface area contributed by atoms with Crippen molar-refractivity contribution in [2.45, 2.75) is 24.5 Å². The lowest BCUT2D eigenvalue weighted by Crippen LogP contribution is -2.27. The minimum absolute atomic E-state index is 0.0346. The maximum atomic E-state index is 14.3. The van der Waals surface area contributed by atoms with Crippen molar-refractivity contribution in [3.8, 4) is 0 Å². The number of rotatable bonds is 3. The fourth-order valence-corrected chi connectivity index (χ4v) is 4.02. The van der Waals surface area contributed by atoms with E-state index in [9.17, 15) is 17.6 Å². The van der Waals surface area contributed by atoms with E-state index in [1.54, 1.807) is 12.1 Å². The highest BCUT2D eigenvalue weighted by Crippen LogP contribution is 2.31. The maximum absolute atomic E-state index is 14.3. The van der Waals surface area contributed by atoms with Crippen molar-refractivity contribution in [1.29, 1.82) is 0 Å². The zero-order valence-corrected chi connectivity index (χ0v) is 13.4. The molecule has 0 radical (unpaired) electrons. The smallest absolute Gasteiger partial charge is 0.237 e. The van der Waals surface area contributed by atoms with Gasteiger partial charge in [-0.3, -0.25) is 4.79 Å². The van der Waals surface area contributed by atoms with Crippen molar-refractivity contribution >= 4 is 37.0 Å². The molecule has 0 bridgehead atoms. The molecule has 2 aliphatic heterocycles. The number of carbonyl (C=O) groups excluding carboxylic acids is 1.